The Labute approximate surface area is 166 Å². The number of benzene rings is 2. The van der Waals surface area contributed by atoms with Crippen molar-refractivity contribution >= 4 is 22.5 Å². The number of hydrogen-bond acceptors (Lipinski definition) is 3. The standard InChI is InChI=1S/C24H27N3O/c1-26(18-19-10-4-2-5-11-19)27(24(28)20-12-6-3-7-13-20)22-16-21-14-8-9-15-23(21)25-17-22/h3,6-9,12-17,19H,2,4-5,10-11,18H2,1H3. The van der Waals surface area contributed by atoms with E-state index in [9.17, 15) is 4.79 Å². The minimum atomic E-state index is -0.0176. The lowest BCUT2D eigenvalue weighted by atomic mass is 9.89. The van der Waals surface area contributed by atoms with Gasteiger partial charge < -0.3 is 0 Å². The van der Waals surface area contributed by atoms with Crippen molar-refractivity contribution in [1.82, 2.24) is 9.99 Å². The molecule has 0 N–H and O–H groups in total. The number of hydrogen-bond donors (Lipinski definition) is 0. The van der Waals surface area contributed by atoms with Gasteiger partial charge in [0.15, 0.2) is 0 Å². The number of aromatic nitrogens is 1. The Balaban J connectivity index is 1.68. The Hall–Kier alpha value is -2.72. The molecule has 0 saturated heterocycles. The maximum Gasteiger partial charge on any atom is 0.272 e. The van der Waals surface area contributed by atoms with Crippen molar-refractivity contribution in [1.29, 1.82) is 0 Å². The highest BCUT2D eigenvalue weighted by molar-refractivity contribution is 6.06. The molecule has 1 fully saturated rings. The molecule has 2 aromatic carbocycles. The van der Waals surface area contributed by atoms with Gasteiger partial charge in [-0.05, 0) is 43.0 Å². The lowest BCUT2D eigenvalue weighted by molar-refractivity contribution is 0.0895. The van der Waals surface area contributed by atoms with Crippen molar-refractivity contribution in [3.05, 3.63) is 72.4 Å². The van der Waals surface area contributed by atoms with Crippen LogP contribution in [-0.2, 0) is 0 Å². The van der Waals surface area contributed by atoms with Gasteiger partial charge in [-0.25, -0.2) is 10.0 Å². The normalized spacial score (nSPS) is 15.1. The van der Waals surface area contributed by atoms with Gasteiger partial charge in [0.2, 0.25) is 0 Å². The molecule has 0 bridgehead atoms. The fourth-order valence-electron chi connectivity index (χ4n) is 4.17. The molecule has 0 spiro atoms. The summed E-state index contributed by atoms with van der Waals surface area (Å²) in [5.74, 6) is 0.620. The minimum absolute atomic E-state index is 0.0176. The summed E-state index contributed by atoms with van der Waals surface area (Å²) in [6.45, 7) is 0.880. The Kier molecular flexibility index (Phi) is 5.68. The number of rotatable bonds is 5. The van der Waals surface area contributed by atoms with E-state index in [0.29, 0.717) is 11.5 Å². The van der Waals surface area contributed by atoms with Crippen LogP contribution in [0.25, 0.3) is 10.9 Å². The van der Waals surface area contributed by atoms with Gasteiger partial charge in [0.1, 0.15) is 0 Å². The summed E-state index contributed by atoms with van der Waals surface area (Å²) >= 11 is 0. The average Bonchev–Trinajstić information content (AvgIpc) is 2.75. The van der Waals surface area contributed by atoms with Crippen LogP contribution < -0.4 is 5.01 Å². The first kappa shape index (κ1) is 18.6. The first-order chi connectivity index (χ1) is 13.7. The Morgan fingerprint density at radius 1 is 1.00 bits per heavy atom. The van der Waals surface area contributed by atoms with Crippen molar-refractivity contribution in [3.8, 4) is 0 Å². The van der Waals surface area contributed by atoms with Crippen LogP contribution in [0.3, 0.4) is 0 Å². The number of carbonyl (C=O) groups excluding carboxylic acids is 1. The molecular formula is C24H27N3O. The molecule has 0 aliphatic heterocycles. The highest BCUT2D eigenvalue weighted by atomic mass is 16.2. The SMILES string of the molecule is CN(CC1CCCCC1)N(C(=O)c1ccccc1)c1cnc2ccccc2c1. The molecule has 1 heterocycles. The second kappa shape index (κ2) is 8.53. The van der Waals surface area contributed by atoms with Crippen LogP contribution >= 0.6 is 0 Å². The number of fused-ring (bicyclic) bond motifs is 1. The molecule has 1 aliphatic rings. The minimum Gasteiger partial charge on any atom is -0.267 e. The predicted molar refractivity (Wildman–Crippen MR) is 114 cm³/mol. The quantitative estimate of drug-likeness (QED) is 0.569. The van der Waals surface area contributed by atoms with Crippen LogP contribution in [0.4, 0.5) is 5.69 Å². The van der Waals surface area contributed by atoms with E-state index in [1.165, 1.54) is 32.1 Å². The third-order valence-corrected chi connectivity index (χ3v) is 5.62. The van der Waals surface area contributed by atoms with E-state index in [2.05, 4.69) is 16.1 Å². The summed E-state index contributed by atoms with van der Waals surface area (Å²) in [5, 5.41) is 4.91. The molecule has 1 aromatic heterocycles. The van der Waals surface area contributed by atoms with Gasteiger partial charge in [0.25, 0.3) is 5.91 Å². The molecule has 1 saturated carbocycles. The van der Waals surface area contributed by atoms with Crippen LogP contribution in [0.15, 0.2) is 66.9 Å². The van der Waals surface area contributed by atoms with E-state index in [0.717, 1.165) is 23.1 Å². The Morgan fingerprint density at radius 2 is 1.71 bits per heavy atom. The molecule has 1 aliphatic carbocycles. The summed E-state index contributed by atoms with van der Waals surface area (Å²) in [5.41, 5.74) is 2.44. The molecule has 0 radical (unpaired) electrons. The lowest BCUT2D eigenvalue weighted by Crippen LogP contribution is -2.47. The van der Waals surface area contributed by atoms with E-state index >= 15 is 0 Å². The number of para-hydroxylation sites is 1. The van der Waals surface area contributed by atoms with Gasteiger partial charge in [-0.2, -0.15) is 0 Å². The summed E-state index contributed by atoms with van der Waals surface area (Å²) in [7, 11) is 2.02. The van der Waals surface area contributed by atoms with Gasteiger partial charge in [-0.15, -0.1) is 0 Å². The van der Waals surface area contributed by atoms with Crippen LogP contribution in [0.1, 0.15) is 42.5 Å². The molecule has 4 heteroatoms. The number of carbonyl (C=O) groups is 1. The third-order valence-electron chi connectivity index (χ3n) is 5.62. The molecule has 0 atom stereocenters. The number of nitrogens with zero attached hydrogens (tertiary/aromatic N) is 3. The first-order valence-corrected chi connectivity index (χ1v) is 10.2. The topological polar surface area (TPSA) is 36.4 Å². The molecule has 4 nitrogen and oxygen atoms in total. The van der Waals surface area contributed by atoms with Gasteiger partial charge in [0, 0.05) is 24.5 Å². The van der Waals surface area contributed by atoms with Crippen LogP contribution in [0, 0.1) is 5.92 Å². The summed E-state index contributed by atoms with van der Waals surface area (Å²) in [6.07, 6.45) is 8.22. The average molecular weight is 374 g/mol. The van der Waals surface area contributed by atoms with Gasteiger partial charge >= 0.3 is 0 Å². The fraction of sp³-hybridized carbons (Fsp3) is 0.333. The smallest absolute Gasteiger partial charge is 0.267 e. The fourth-order valence-corrected chi connectivity index (χ4v) is 4.17. The van der Waals surface area contributed by atoms with Gasteiger partial charge in [0.05, 0.1) is 17.4 Å². The monoisotopic (exact) mass is 373 g/mol. The van der Waals surface area contributed by atoms with Crippen LogP contribution in [0.5, 0.6) is 0 Å². The third kappa shape index (κ3) is 4.07. The van der Waals surface area contributed by atoms with Crippen molar-refractivity contribution in [2.75, 3.05) is 18.6 Å². The van der Waals surface area contributed by atoms with Crippen molar-refractivity contribution < 1.29 is 4.79 Å². The zero-order valence-corrected chi connectivity index (χ0v) is 16.4. The molecular weight excluding hydrogens is 346 g/mol. The maximum atomic E-state index is 13.4. The lowest BCUT2D eigenvalue weighted by Gasteiger charge is -2.35. The second-order valence-corrected chi connectivity index (χ2v) is 7.71. The molecule has 0 unspecified atom stereocenters. The summed E-state index contributed by atoms with van der Waals surface area (Å²) < 4.78 is 0. The largest absolute Gasteiger partial charge is 0.272 e. The van der Waals surface area contributed by atoms with Crippen molar-refractivity contribution in [2.45, 2.75) is 32.1 Å². The van der Waals surface area contributed by atoms with E-state index in [4.69, 9.17) is 0 Å². The molecule has 28 heavy (non-hydrogen) atoms. The van der Waals surface area contributed by atoms with Crippen LogP contribution in [0.2, 0.25) is 0 Å². The highest BCUT2D eigenvalue weighted by Crippen LogP contribution is 2.27. The van der Waals surface area contributed by atoms with E-state index < -0.39 is 0 Å². The number of amides is 1. The van der Waals surface area contributed by atoms with Gasteiger partial charge in [-0.1, -0.05) is 55.7 Å². The number of pyridine rings is 1. The van der Waals surface area contributed by atoms with Gasteiger partial charge in [-0.3, -0.25) is 9.78 Å². The van der Waals surface area contributed by atoms with Crippen LogP contribution in [-0.4, -0.2) is 29.5 Å². The first-order valence-electron chi connectivity index (χ1n) is 10.2. The second-order valence-electron chi connectivity index (χ2n) is 7.71. The molecule has 144 valence electrons. The van der Waals surface area contributed by atoms with Crippen molar-refractivity contribution in [3.63, 3.8) is 0 Å². The molecule has 3 aromatic rings. The maximum absolute atomic E-state index is 13.4. The Morgan fingerprint density at radius 3 is 2.50 bits per heavy atom. The van der Waals surface area contributed by atoms with E-state index in [1.54, 1.807) is 11.2 Å². The zero-order valence-electron chi connectivity index (χ0n) is 16.4. The predicted octanol–water partition coefficient (Wildman–Crippen LogP) is 5.31. The number of anilines is 1. The summed E-state index contributed by atoms with van der Waals surface area (Å²) in [6, 6.07) is 19.6. The molecule has 1 amide bonds. The highest BCUT2D eigenvalue weighted by Gasteiger charge is 2.25. The number of hydrazine groups is 1. The zero-order chi connectivity index (χ0) is 19.3. The molecule has 4 rings (SSSR count). The van der Waals surface area contributed by atoms with E-state index in [1.807, 2.05) is 61.6 Å². The van der Waals surface area contributed by atoms with Crippen molar-refractivity contribution in [2.24, 2.45) is 5.92 Å². The summed E-state index contributed by atoms with van der Waals surface area (Å²) in [4.78, 5) is 18.0. The Bertz CT molecular complexity index is 935. The van der Waals surface area contributed by atoms with E-state index in [-0.39, 0.29) is 5.91 Å².